The van der Waals surface area contributed by atoms with Crippen molar-refractivity contribution >= 4 is 27.5 Å². The van der Waals surface area contributed by atoms with Crippen LogP contribution in [0.5, 0.6) is 0 Å². The van der Waals surface area contributed by atoms with E-state index >= 15 is 0 Å². The summed E-state index contributed by atoms with van der Waals surface area (Å²) < 4.78 is 24.8. The lowest BCUT2D eigenvalue weighted by atomic mass is 10.1. The molecule has 0 saturated carbocycles. The Morgan fingerprint density at radius 1 is 1.12 bits per heavy atom. The highest BCUT2D eigenvalue weighted by Gasteiger charge is 2.36. The van der Waals surface area contributed by atoms with Crippen molar-refractivity contribution in [3.8, 4) is 0 Å². The fourth-order valence-corrected chi connectivity index (χ4v) is 4.20. The van der Waals surface area contributed by atoms with E-state index in [-0.39, 0.29) is 29.8 Å². The van der Waals surface area contributed by atoms with E-state index in [9.17, 15) is 18.0 Å². The number of hydrogen-bond donors (Lipinski definition) is 1. The molecule has 1 aliphatic rings. The average molecular weight is 358 g/mol. The van der Waals surface area contributed by atoms with Crippen LogP contribution in [0.3, 0.4) is 0 Å². The molecule has 0 radical (unpaired) electrons. The molecule has 0 spiro atoms. The number of anilines is 1. The Morgan fingerprint density at radius 2 is 1.84 bits per heavy atom. The number of sulfonamides is 1. The van der Waals surface area contributed by atoms with Gasteiger partial charge in [-0.3, -0.25) is 9.59 Å². The second-order valence-corrected chi connectivity index (χ2v) is 7.82. The highest BCUT2D eigenvalue weighted by atomic mass is 32.2. The van der Waals surface area contributed by atoms with Crippen molar-refractivity contribution in [3.05, 3.63) is 65.7 Å². The van der Waals surface area contributed by atoms with Crippen LogP contribution in [0.1, 0.15) is 35.3 Å². The van der Waals surface area contributed by atoms with Gasteiger partial charge >= 0.3 is 0 Å². The highest BCUT2D eigenvalue weighted by Crippen LogP contribution is 2.26. The lowest BCUT2D eigenvalue weighted by molar-refractivity contribution is -0.116. The zero-order valence-electron chi connectivity index (χ0n) is 13.7. The van der Waals surface area contributed by atoms with Crippen molar-refractivity contribution in [1.29, 1.82) is 0 Å². The van der Waals surface area contributed by atoms with Crippen LogP contribution in [0.25, 0.3) is 0 Å². The van der Waals surface area contributed by atoms with Crippen LogP contribution in [-0.4, -0.2) is 26.0 Å². The first kappa shape index (κ1) is 17.2. The van der Waals surface area contributed by atoms with E-state index in [4.69, 9.17) is 0 Å². The van der Waals surface area contributed by atoms with E-state index in [1.807, 2.05) is 37.3 Å². The maximum absolute atomic E-state index is 12.5. The molecule has 2 amide bonds. The number of nitrogens with zero attached hydrogens (tertiary/aromatic N) is 1. The average Bonchev–Trinajstić information content (AvgIpc) is 2.88. The fraction of sp³-hybridized carbons (Fsp3) is 0.222. The quantitative estimate of drug-likeness (QED) is 0.908. The second kappa shape index (κ2) is 6.68. The number of carbonyl (C=O) groups excluding carboxylic acids is 2. The summed E-state index contributed by atoms with van der Waals surface area (Å²) in [4.78, 5) is 24.4. The molecule has 0 aliphatic carbocycles. The van der Waals surface area contributed by atoms with Crippen molar-refractivity contribution in [1.82, 2.24) is 5.32 Å². The Labute approximate surface area is 146 Å². The zero-order chi connectivity index (χ0) is 18.0. The molecule has 25 heavy (non-hydrogen) atoms. The molecule has 6 nitrogen and oxygen atoms in total. The van der Waals surface area contributed by atoms with Gasteiger partial charge in [0.1, 0.15) is 0 Å². The first-order valence-corrected chi connectivity index (χ1v) is 9.51. The van der Waals surface area contributed by atoms with Crippen molar-refractivity contribution in [3.63, 3.8) is 0 Å². The summed E-state index contributed by atoms with van der Waals surface area (Å²) >= 11 is 0. The van der Waals surface area contributed by atoms with Gasteiger partial charge in [-0.1, -0.05) is 36.4 Å². The molecule has 130 valence electrons. The van der Waals surface area contributed by atoms with E-state index in [1.54, 1.807) is 12.1 Å². The molecule has 3 rings (SSSR count). The van der Waals surface area contributed by atoms with Crippen molar-refractivity contribution in [2.75, 3.05) is 10.1 Å². The molecule has 1 saturated heterocycles. The number of benzene rings is 2. The van der Waals surface area contributed by atoms with Gasteiger partial charge in [0, 0.05) is 12.0 Å². The molecule has 0 bridgehead atoms. The molecule has 1 N–H and O–H groups in total. The first-order valence-electron chi connectivity index (χ1n) is 7.90. The summed E-state index contributed by atoms with van der Waals surface area (Å²) in [5.74, 6) is -1.01. The lowest BCUT2D eigenvalue weighted by Crippen LogP contribution is -2.30. The molecule has 1 heterocycles. The van der Waals surface area contributed by atoms with E-state index < -0.39 is 15.9 Å². The summed E-state index contributed by atoms with van der Waals surface area (Å²) in [6.07, 6.45) is -0.0379. The molecule has 2 aromatic rings. The van der Waals surface area contributed by atoms with E-state index in [0.29, 0.717) is 5.56 Å². The van der Waals surface area contributed by atoms with Crippen LogP contribution in [0.2, 0.25) is 0 Å². The minimum atomic E-state index is -3.65. The number of carbonyl (C=O) groups is 2. The topological polar surface area (TPSA) is 83.6 Å². The summed E-state index contributed by atoms with van der Waals surface area (Å²) in [6.45, 7) is 1.87. The van der Waals surface area contributed by atoms with Crippen molar-refractivity contribution in [2.24, 2.45) is 0 Å². The van der Waals surface area contributed by atoms with E-state index in [1.165, 1.54) is 12.1 Å². The van der Waals surface area contributed by atoms with Gasteiger partial charge in [-0.2, -0.15) is 0 Å². The van der Waals surface area contributed by atoms with Gasteiger partial charge in [-0.25, -0.2) is 12.7 Å². The Hall–Kier alpha value is -2.67. The standard InChI is InChI=1S/C18H18N2O4S/c1-13(14-6-3-2-4-7-14)19-18(22)15-8-5-9-16(12-15)20-17(21)10-11-25(20,23)24/h2-9,12-13H,10-11H2,1H3,(H,19,22)/t13-/m1/s1. The molecular formula is C18H18N2O4S. The minimum absolute atomic E-state index is 0.0379. The zero-order valence-corrected chi connectivity index (χ0v) is 14.5. The van der Waals surface area contributed by atoms with Crippen LogP contribution in [0.4, 0.5) is 5.69 Å². The number of rotatable bonds is 4. The molecule has 1 aliphatic heterocycles. The van der Waals surface area contributed by atoms with E-state index in [0.717, 1.165) is 9.87 Å². The fourth-order valence-electron chi connectivity index (χ4n) is 2.75. The van der Waals surface area contributed by atoms with Crippen LogP contribution in [0.15, 0.2) is 54.6 Å². The van der Waals surface area contributed by atoms with Gasteiger partial charge in [0.25, 0.3) is 5.91 Å². The van der Waals surface area contributed by atoms with Gasteiger partial charge in [-0.05, 0) is 30.7 Å². The van der Waals surface area contributed by atoms with Gasteiger partial charge in [-0.15, -0.1) is 0 Å². The van der Waals surface area contributed by atoms with Crippen molar-refractivity contribution < 1.29 is 18.0 Å². The number of amides is 2. The predicted octanol–water partition coefficient (Wildman–Crippen LogP) is 2.24. The molecule has 1 fully saturated rings. The molecular weight excluding hydrogens is 340 g/mol. The summed E-state index contributed by atoms with van der Waals surface area (Å²) in [6, 6.07) is 15.4. The summed E-state index contributed by atoms with van der Waals surface area (Å²) in [5.41, 5.74) is 1.46. The highest BCUT2D eigenvalue weighted by molar-refractivity contribution is 7.94. The van der Waals surface area contributed by atoms with Gasteiger partial charge in [0.05, 0.1) is 17.5 Å². The maximum Gasteiger partial charge on any atom is 0.251 e. The second-order valence-electron chi connectivity index (χ2n) is 5.88. The van der Waals surface area contributed by atoms with Crippen LogP contribution < -0.4 is 9.62 Å². The first-order chi connectivity index (χ1) is 11.9. The molecule has 0 aromatic heterocycles. The third-order valence-corrected chi connectivity index (χ3v) is 5.76. The third kappa shape index (κ3) is 3.56. The number of hydrogen-bond acceptors (Lipinski definition) is 4. The summed E-state index contributed by atoms with van der Waals surface area (Å²) in [7, 11) is -3.65. The largest absolute Gasteiger partial charge is 0.346 e. The lowest BCUT2D eigenvalue weighted by Gasteiger charge is -2.17. The van der Waals surface area contributed by atoms with Gasteiger partial charge in [0.2, 0.25) is 15.9 Å². The smallest absolute Gasteiger partial charge is 0.251 e. The number of nitrogens with one attached hydrogen (secondary N) is 1. The SMILES string of the molecule is C[C@@H](NC(=O)c1cccc(N2C(=O)CCS2(=O)=O)c1)c1ccccc1. The predicted molar refractivity (Wildman–Crippen MR) is 94.7 cm³/mol. The van der Waals surface area contributed by atoms with Crippen molar-refractivity contribution in [2.45, 2.75) is 19.4 Å². The normalized spacial score (nSPS) is 17.3. The molecule has 1 atom stereocenters. The van der Waals surface area contributed by atoms with Crippen LogP contribution in [0, 0.1) is 0 Å². The Morgan fingerprint density at radius 3 is 2.48 bits per heavy atom. The van der Waals surface area contributed by atoms with E-state index in [2.05, 4.69) is 5.32 Å². The summed E-state index contributed by atoms with van der Waals surface area (Å²) in [5, 5.41) is 2.87. The monoisotopic (exact) mass is 358 g/mol. The Kier molecular flexibility index (Phi) is 4.59. The van der Waals surface area contributed by atoms with Gasteiger partial charge < -0.3 is 5.32 Å². The molecule has 0 unspecified atom stereocenters. The Balaban J connectivity index is 1.82. The van der Waals surface area contributed by atoms with Crippen LogP contribution in [-0.2, 0) is 14.8 Å². The van der Waals surface area contributed by atoms with Crippen LogP contribution >= 0.6 is 0 Å². The molecule has 2 aromatic carbocycles. The minimum Gasteiger partial charge on any atom is -0.346 e. The Bertz CT molecular complexity index is 910. The maximum atomic E-state index is 12.5. The van der Waals surface area contributed by atoms with Gasteiger partial charge in [0.15, 0.2) is 0 Å². The molecule has 7 heteroatoms. The third-order valence-electron chi connectivity index (χ3n) is 4.07.